The molecule has 0 radical (unpaired) electrons. The van der Waals surface area contributed by atoms with Crippen molar-refractivity contribution in [2.45, 2.75) is 51.0 Å². The Hall–Kier alpha value is -1.10. The first-order valence-electron chi connectivity index (χ1n) is 9.27. The average molecular weight is 320 g/mol. The molecule has 23 heavy (non-hydrogen) atoms. The third kappa shape index (κ3) is 3.00. The Balaban J connectivity index is 1.17. The second-order valence-corrected chi connectivity index (χ2v) is 8.29. The molecule has 5 heteroatoms. The molecule has 128 valence electrons. The van der Waals surface area contributed by atoms with Gasteiger partial charge in [-0.3, -0.25) is 9.59 Å². The molecule has 2 aliphatic carbocycles. The minimum absolute atomic E-state index is 0.0811. The highest BCUT2D eigenvalue weighted by atomic mass is 16.5. The van der Waals surface area contributed by atoms with Crippen molar-refractivity contribution in [2.75, 3.05) is 26.2 Å². The fraction of sp³-hybridized carbons (Fsp3) is 0.889. The zero-order valence-electron chi connectivity index (χ0n) is 14.1. The van der Waals surface area contributed by atoms with Gasteiger partial charge in [0.15, 0.2) is 0 Å². The molecular weight excluding hydrogens is 292 g/mol. The second-order valence-electron chi connectivity index (χ2n) is 8.29. The molecule has 2 heterocycles. The van der Waals surface area contributed by atoms with Gasteiger partial charge in [-0.05, 0) is 43.9 Å². The summed E-state index contributed by atoms with van der Waals surface area (Å²) < 4.78 is 6.11. The monoisotopic (exact) mass is 320 g/mol. The molecule has 4 rings (SSSR count). The van der Waals surface area contributed by atoms with Crippen LogP contribution in [0.4, 0.5) is 0 Å². The number of nitrogens with zero attached hydrogens (tertiary/aromatic N) is 1. The van der Waals surface area contributed by atoms with Gasteiger partial charge in [0.2, 0.25) is 11.8 Å². The summed E-state index contributed by atoms with van der Waals surface area (Å²) in [6.07, 6.45) is 6.47. The van der Waals surface area contributed by atoms with Crippen molar-refractivity contribution in [1.29, 1.82) is 0 Å². The molecule has 0 aromatic carbocycles. The van der Waals surface area contributed by atoms with Crippen LogP contribution in [0, 0.1) is 23.7 Å². The summed E-state index contributed by atoms with van der Waals surface area (Å²) in [5, 5.41) is 3.09. The van der Waals surface area contributed by atoms with Crippen LogP contribution < -0.4 is 5.32 Å². The average Bonchev–Trinajstić information content (AvgIpc) is 3.18. The Morgan fingerprint density at radius 2 is 2.00 bits per heavy atom. The molecule has 4 fully saturated rings. The number of hydrogen-bond donors (Lipinski definition) is 1. The van der Waals surface area contributed by atoms with Gasteiger partial charge in [0, 0.05) is 18.4 Å². The van der Waals surface area contributed by atoms with Gasteiger partial charge in [-0.25, -0.2) is 0 Å². The molecule has 0 unspecified atom stereocenters. The maximum atomic E-state index is 12.2. The van der Waals surface area contributed by atoms with Crippen LogP contribution in [0.3, 0.4) is 0 Å². The summed E-state index contributed by atoms with van der Waals surface area (Å²) in [6, 6.07) is 0. The summed E-state index contributed by atoms with van der Waals surface area (Å²) in [5.41, 5.74) is -0.0811. The lowest BCUT2D eigenvalue weighted by Gasteiger charge is -2.53. The molecule has 0 aromatic heterocycles. The van der Waals surface area contributed by atoms with Gasteiger partial charge in [0.1, 0.15) is 5.60 Å². The van der Waals surface area contributed by atoms with E-state index < -0.39 is 0 Å². The number of hydrogen-bond acceptors (Lipinski definition) is 3. The standard InChI is InChI=1S/C18H28N2O3/c1-12-7-15(12)17(22)20-10-18(11-20)6-5-13(9-23-18)8-19-16(21)14-3-2-4-14/h12-15H,2-11H2,1H3,(H,19,21)/t12-,13-,15-/m1/s1. The summed E-state index contributed by atoms with van der Waals surface area (Å²) in [4.78, 5) is 26.0. The highest BCUT2D eigenvalue weighted by molar-refractivity contribution is 5.82. The van der Waals surface area contributed by atoms with Crippen LogP contribution in [-0.4, -0.2) is 48.6 Å². The summed E-state index contributed by atoms with van der Waals surface area (Å²) in [7, 11) is 0. The lowest BCUT2D eigenvalue weighted by atomic mass is 9.82. The van der Waals surface area contributed by atoms with Crippen molar-refractivity contribution in [3.8, 4) is 0 Å². The molecule has 1 spiro atoms. The molecule has 2 saturated heterocycles. The second kappa shape index (κ2) is 5.76. The zero-order valence-corrected chi connectivity index (χ0v) is 14.1. The molecule has 0 bridgehead atoms. The molecule has 5 nitrogen and oxygen atoms in total. The Morgan fingerprint density at radius 3 is 2.52 bits per heavy atom. The van der Waals surface area contributed by atoms with E-state index in [0.29, 0.717) is 24.3 Å². The topological polar surface area (TPSA) is 58.6 Å². The first kappa shape index (κ1) is 15.4. The van der Waals surface area contributed by atoms with Crippen molar-refractivity contribution in [1.82, 2.24) is 10.2 Å². The number of ether oxygens (including phenoxy) is 1. The summed E-state index contributed by atoms with van der Waals surface area (Å²) in [6.45, 7) is 5.16. The lowest BCUT2D eigenvalue weighted by Crippen LogP contribution is -2.66. The maximum Gasteiger partial charge on any atom is 0.226 e. The number of rotatable bonds is 4. The molecule has 4 aliphatic rings. The van der Waals surface area contributed by atoms with Crippen molar-refractivity contribution in [2.24, 2.45) is 23.7 Å². The van der Waals surface area contributed by atoms with Gasteiger partial charge >= 0.3 is 0 Å². The predicted octanol–water partition coefficient (Wildman–Crippen LogP) is 1.57. The molecule has 3 atom stereocenters. The van der Waals surface area contributed by atoms with Crippen LogP contribution in [0.15, 0.2) is 0 Å². The van der Waals surface area contributed by atoms with E-state index in [-0.39, 0.29) is 23.3 Å². The molecule has 2 saturated carbocycles. The van der Waals surface area contributed by atoms with Gasteiger partial charge in [-0.2, -0.15) is 0 Å². The Bertz CT molecular complexity index is 486. The highest BCUT2D eigenvalue weighted by Crippen LogP contribution is 2.43. The van der Waals surface area contributed by atoms with E-state index in [0.717, 1.165) is 51.7 Å². The first-order valence-corrected chi connectivity index (χ1v) is 9.27. The molecule has 2 amide bonds. The number of carbonyl (C=O) groups excluding carboxylic acids is 2. The Labute approximate surface area is 138 Å². The molecule has 2 aliphatic heterocycles. The molecular formula is C18H28N2O3. The van der Waals surface area contributed by atoms with Gasteiger partial charge < -0.3 is 15.0 Å². The van der Waals surface area contributed by atoms with Gasteiger partial charge in [-0.15, -0.1) is 0 Å². The SMILES string of the molecule is C[C@@H]1C[C@H]1C(=O)N1CC2(CC[C@H](CNC(=O)C3CCC3)CO2)C1. The molecule has 0 aromatic rings. The predicted molar refractivity (Wildman–Crippen MR) is 85.6 cm³/mol. The van der Waals surface area contributed by atoms with Gasteiger partial charge in [0.25, 0.3) is 0 Å². The van der Waals surface area contributed by atoms with E-state index in [2.05, 4.69) is 12.2 Å². The van der Waals surface area contributed by atoms with Crippen molar-refractivity contribution in [3.63, 3.8) is 0 Å². The highest BCUT2D eigenvalue weighted by Gasteiger charge is 2.52. The summed E-state index contributed by atoms with van der Waals surface area (Å²) >= 11 is 0. The van der Waals surface area contributed by atoms with Gasteiger partial charge in [0.05, 0.1) is 19.7 Å². The number of likely N-dealkylation sites (tertiary alicyclic amines) is 1. The maximum absolute atomic E-state index is 12.2. The minimum atomic E-state index is -0.0811. The smallest absolute Gasteiger partial charge is 0.226 e. The first-order chi connectivity index (χ1) is 11.1. The van der Waals surface area contributed by atoms with Crippen LogP contribution in [0.1, 0.15) is 45.4 Å². The van der Waals surface area contributed by atoms with Gasteiger partial charge in [-0.1, -0.05) is 13.3 Å². The van der Waals surface area contributed by atoms with Crippen molar-refractivity contribution in [3.05, 3.63) is 0 Å². The lowest BCUT2D eigenvalue weighted by molar-refractivity contribution is -0.189. The normalized spacial score (nSPS) is 35.3. The van der Waals surface area contributed by atoms with E-state index in [4.69, 9.17) is 4.74 Å². The van der Waals surface area contributed by atoms with Crippen molar-refractivity contribution < 1.29 is 14.3 Å². The third-order valence-electron chi connectivity index (χ3n) is 6.37. The van der Waals surface area contributed by atoms with E-state index in [1.165, 1.54) is 6.42 Å². The summed E-state index contributed by atoms with van der Waals surface area (Å²) in [5.74, 6) is 2.12. The Morgan fingerprint density at radius 1 is 1.26 bits per heavy atom. The Kier molecular flexibility index (Phi) is 3.87. The fourth-order valence-corrected chi connectivity index (χ4v) is 4.09. The number of nitrogens with one attached hydrogen (secondary N) is 1. The van der Waals surface area contributed by atoms with Crippen LogP contribution in [0.25, 0.3) is 0 Å². The minimum Gasteiger partial charge on any atom is -0.371 e. The number of amides is 2. The fourth-order valence-electron chi connectivity index (χ4n) is 4.09. The van der Waals surface area contributed by atoms with Crippen LogP contribution in [0.5, 0.6) is 0 Å². The van der Waals surface area contributed by atoms with E-state index in [1.807, 2.05) is 4.90 Å². The van der Waals surface area contributed by atoms with Crippen LogP contribution in [-0.2, 0) is 14.3 Å². The van der Waals surface area contributed by atoms with E-state index in [9.17, 15) is 9.59 Å². The van der Waals surface area contributed by atoms with Crippen LogP contribution >= 0.6 is 0 Å². The largest absolute Gasteiger partial charge is 0.371 e. The number of carbonyl (C=O) groups is 2. The van der Waals surface area contributed by atoms with E-state index in [1.54, 1.807) is 0 Å². The zero-order chi connectivity index (χ0) is 16.0. The molecule has 1 N–H and O–H groups in total. The van der Waals surface area contributed by atoms with E-state index >= 15 is 0 Å². The third-order valence-corrected chi connectivity index (χ3v) is 6.37. The van der Waals surface area contributed by atoms with Crippen molar-refractivity contribution >= 4 is 11.8 Å². The quantitative estimate of drug-likeness (QED) is 0.855. The van der Waals surface area contributed by atoms with Crippen LogP contribution in [0.2, 0.25) is 0 Å².